The minimum absolute atomic E-state index is 0.206. The molecular weight excluding hydrogens is 336 g/mol. The fourth-order valence-electron chi connectivity index (χ4n) is 3.66. The predicted octanol–water partition coefficient (Wildman–Crippen LogP) is 3.66. The quantitative estimate of drug-likeness (QED) is 0.698. The van der Waals surface area contributed by atoms with E-state index in [4.69, 9.17) is 0 Å². The normalized spacial score (nSPS) is 16.6. The Bertz CT molecular complexity index is 919. The molecular formula is C22H24N4O. The fourth-order valence-corrected chi connectivity index (χ4v) is 3.66. The third-order valence-electron chi connectivity index (χ3n) is 5.18. The van der Waals surface area contributed by atoms with Crippen molar-refractivity contribution in [1.82, 2.24) is 19.9 Å². The van der Waals surface area contributed by atoms with Crippen molar-refractivity contribution in [1.29, 1.82) is 0 Å². The molecule has 1 aromatic heterocycles. The SMILES string of the molecule is Cc1cccc(CCC(=O)N2CCC(n3cc(-c4ccccc4)nn3)C2)c1. The number of benzene rings is 2. The largest absolute Gasteiger partial charge is 0.340 e. The molecule has 1 aliphatic heterocycles. The maximum absolute atomic E-state index is 12.6. The number of amides is 1. The molecule has 0 aliphatic carbocycles. The van der Waals surface area contributed by atoms with Crippen LogP contribution in [-0.2, 0) is 11.2 Å². The predicted molar refractivity (Wildman–Crippen MR) is 105 cm³/mol. The van der Waals surface area contributed by atoms with E-state index in [1.54, 1.807) is 0 Å². The lowest BCUT2D eigenvalue weighted by molar-refractivity contribution is -0.130. The highest BCUT2D eigenvalue weighted by Gasteiger charge is 2.28. The van der Waals surface area contributed by atoms with Gasteiger partial charge >= 0.3 is 0 Å². The number of hydrogen-bond donors (Lipinski definition) is 0. The lowest BCUT2D eigenvalue weighted by Crippen LogP contribution is -2.29. The molecule has 5 heteroatoms. The monoisotopic (exact) mass is 360 g/mol. The van der Waals surface area contributed by atoms with Gasteiger partial charge < -0.3 is 4.90 Å². The zero-order valence-corrected chi connectivity index (χ0v) is 15.6. The van der Waals surface area contributed by atoms with E-state index in [1.807, 2.05) is 46.1 Å². The molecule has 1 fully saturated rings. The van der Waals surface area contributed by atoms with Crippen molar-refractivity contribution < 1.29 is 4.79 Å². The van der Waals surface area contributed by atoms with Gasteiger partial charge in [-0.2, -0.15) is 0 Å². The molecule has 0 saturated carbocycles. The number of nitrogens with zero attached hydrogens (tertiary/aromatic N) is 4. The molecule has 138 valence electrons. The summed E-state index contributed by atoms with van der Waals surface area (Å²) >= 11 is 0. The molecule has 3 aromatic rings. The number of aryl methyl sites for hydroxylation is 2. The number of hydrogen-bond acceptors (Lipinski definition) is 3. The van der Waals surface area contributed by atoms with Crippen LogP contribution in [-0.4, -0.2) is 38.9 Å². The standard InChI is InChI=1S/C22H24N4O/c1-17-6-5-7-18(14-17)10-11-22(27)25-13-12-20(15-25)26-16-21(23-24-26)19-8-3-2-4-9-19/h2-9,14,16,20H,10-13,15H2,1H3. The van der Waals surface area contributed by atoms with E-state index < -0.39 is 0 Å². The van der Waals surface area contributed by atoms with Gasteiger partial charge in [0.15, 0.2) is 0 Å². The van der Waals surface area contributed by atoms with E-state index in [1.165, 1.54) is 11.1 Å². The van der Waals surface area contributed by atoms with Crippen LogP contribution < -0.4 is 0 Å². The summed E-state index contributed by atoms with van der Waals surface area (Å²) in [4.78, 5) is 14.6. The number of aromatic nitrogens is 3. The molecule has 1 amide bonds. The Hall–Kier alpha value is -2.95. The Balaban J connectivity index is 1.34. The van der Waals surface area contributed by atoms with E-state index >= 15 is 0 Å². The van der Waals surface area contributed by atoms with Gasteiger partial charge in [0, 0.05) is 25.1 Å². The van der Waals surface area contributed by atoms with Gasteiger partial charge in [-0.3, -0.25) is 4.79 Å². The van der Waals surface area contributed by atoms with Gasteiger partial charge in [-0.15, -0.1) is 5.10 Å². The second-order valence-corrected chi connectivity index (χ2v) is 7.22. The molecule has 0 radical (unpaired) electrons. The van der Waals surface area contributed by atoms with Crippen molar-refractivity contribution in [3.05, 3.63) is 71.9 Å². The average Bonchev–Trinajstić information content (AvgIpc) is 3.36. The van der Waals surface area contributed by atoms with Crippen LogP contribution >= 0.6 is 0 Å². The molecule has 2 heterocycles. The molecule has 1 aliphatic rings. The first-order valence-corrected chi connectivity index (χ1v) is 9.49. The first kappa shape index (κ1) is 17.5. The Kier molecular flexibility index (Phi) is 5.01. The van der Waals surface area contributed by atoms with Crippen molar-refractivity contribution in [3.8, 4) is 11.3 Å². The van der Waals surface area contributed by atoms with Gasteiger partial charge in [0.2, 0.25) is 5.91 Å². The molecule has 1 saturated heterocycles. The maximum atomic E-state index is 12.6. The molecule has 27 heavy (non-hydrogen) atoms. The van der Waals surface area contributed by atoms with Crippen LogP contribution in [0, 0.1) is 6.92 Å². The van der Waals surface area contributed by atoms with Crippen LogP contribution in [0.25, 0.3) is 11.3 Å². The lowest BCUT2D eigenvalue weighted by Gasteiger charge is -2.16. The summed E-state index contributed by atoms with van der Waals surface area (Å²) in [6.45, 7) is 3.58. The first-order chi connectivity index (χ1) is 13.2. The van der Waals surface area contributed by atoms with E-state index in [0.29, 0.717) is 13.0 Å². The number of carbonyl (C=O) groups is 1. The summed E-state index contributed by atoms with van der Waals surface area (Å²) in [5, 5.41) is 8.59. The molecule has 1 atom stereocenters. The molecule has 0 N–H and O–H groups in total. The summed E-state index contributed by atoms with van der Waals surface area (Å²) in [5.41, 5.74) is 4.40. The van der Waals surface area contributed by atoms with Crippen molar-refractivity contribution in [2.45, 2.75) is 32.2 Å². The van der Waals surface area contributed by atoms with Gasteiger partial charge in [-0.05, 0) is 25.3 Å². The van der Waals surface area contributed by atoms with Crippen LogP contribution in [0.5, 0.6) is 0 Å². The summed E-state index contributed by atoms with van der Waals surface area (Å²) < 4.78 is 1.91. The van der Waals surface area contributed by atoms with E-state index in [-0.39, 0.29) is 11.9 Å². The summed E-state index contributed by atoms with van der Waals surface area (Å²) in [6, 6.07) is 18.6. The Morgan fingerprint density at radius 3 is 2.81 bits per heavy atom. The molecule has 0 bridgehead atoms. The minimum atomic E-state index is 0.206. The summed E-state index contributed by atoms with van der Waals surface area (Å²) in [5.74, 6) is 0.224. The van der Waals surface area contributed by atoms with Gasteiger partial charge in [0.1, 0.15) is 5.69 Å². The zero-order valence-electron chi connectivity index (χ0n) is 15.6. The molecule has 0 spiro atoms. The molecule has 1 unspecified atom stereocenters. The average molecular weight is 360 g/mol. The maximum Gasteiger partial charge on any atom is 0.222 e. The van der Waals surface area contributed by atoms with Crippen LogP contribution in [0.4, 0.5) is 0 Å². The van der Waals surface area contributed by atoms with Crippen LogP contribution in [0.3, 0.4) is 0 Å². The smallest absolute Gasteiger partial charge is 0.222 e. The van der Waals surface area contributed by atoms with Gasteiger partial charge in [0.25, 0.3) is 0 Å². The number of rotatable bonds is 5. The fraction of sp³-hybridized carbons (Fsp3) is 0.318. The molecule has 2 aromatic carbocycles. The Morgan fingerprint density at radius 1 is 1.15 bits per heavy atom. The lowest BCUT2D eigenvalue weighted by atomic mass is 10.1. The third-order valence-corrected chi connectivity index (χ3v) is 5.18. The van der Waals surface area contributed by atoms with E-state index in [0.717, 1.165) is 30.6 Å². The highest BCUT2D eigenvalue weighted by Crippen LogP contribution is 2.24. The van der Waals surface area contributed by atoms with Crippen LogP contribution in [0.2, 0.25) is 0 Å². The molecule has 4 rings (SSSR count). The number of carbonyl (C=O) groups excluding carboxylic acids is 1. The van der Waals surface area contributed by atoms with Gasteiger partial charge in [-0.1, -0.05) is 65.4 Å². The zero-order chi connectivity index (χ0) is 18.6. The van der Waals surface area contributed by atoms with Crippen LogP contribution in [0.1, 0.15) is 30.0 Å². The van der Waals surface area contributed by atoms with Gasteiger partial charge in [-0.25, -0.2) is 4.68 Å². The second-order valence-electron chi connectivity index (χ2n) is 7.22. The Morgan fingerprint density at radius 2 is 2.00 bits per heavy atom. The Labute approximate surface area is 159 Å². The number of likely N-dealkylation sites (tertiary alicyclic amines) is 1. The highest BCUT2D eigenvalue weighted by molar-refractivity contribution is 5.76. The topological polar surface area (TPSA) is 51.0 Å². The second kappa shape index (κ2) is 7.74. The highest BCUT2D eigenvalue weighted by atomic mass is 16.2. The molecule has 5 nitrogen and oxygen atoms in total. The minimum Gasteiger partial charge on any atom is -0.340 e. The first-order valence-electron chi connectivity index (χ1n) is 9.49. The van der Waals surface area contributed by atoms with E-state index in [9.17, 15) is 4.79 Å². The van der Waals surface area contributed by atoms with Gasteiger partial charge in [0.05, 0.1) is 12.2 Å². The van der Waals surface area contributed by atoms with Crippen LogP contribution in [0.15, 0.2) is 60.8 Å². The third kappa shape index (κ3) is 4.08. The van der Waals surface area contributed by atoms with Crippen molar-refractivity contribution >= 4 is 5.91 Å². The van der Waals surface area contributed by atoms with E-state index in [2.05, 4.69) is 41.5 Å². The summed E-state index contributed by atoms with van der Waals surface area (Å²) in [7, 11) is 0. The van der Waals surface area contributed by atoms with Crippen molar-refractivity contribution in [2.75, 3.05) is 13.1 Å². The van der Waals surface area contributed by atoms with Crippen molar-refractivity contribution in [3.63, 3.8) is 0 Å². The van der Waals surface area contributed by atoms with Crippen molar-refractivity contribution in [2.24, 2.45) is 0 Å². The summed E-state index contributed by atoms with van der Waals surface area (Å²) in [6.07, 6.45) is 4.26.